The maximum atomic E-state index is 14.9. The highest BCUT2D eigenvalue weighted by atomic mass is 19.1. The van der Waals surface area contributed by atoms with E-state index in [-0.39, 0.29) is 35.4 Å². The van der Waals surface area contributed by atoms with Crippen molar-refractivity contribution in [1.29, 1.82) is 0 Å². The highest BCUT2D eigenvalue weighted by Crippen LogP contribution is 2.40. The summed E-state index contributed by atoms with van der Waals surface area (Å²) < 4.78 is 31.0. The predicted octanol–water partition coefficient (Wildman–Crippen LogP) is 2.62. The Morgan fingerprint density at radius 1 is 1.37 bits per heavy atom. The van der Waals surface area contributed by atoms with Gasteiger partial charge in [0, 0.05) is 17.7 Å². The number of hydrogen-bond donors (Lipinski definition) is 2. The number of methoxy groups -OCH3 is 2. The van der Waals surface area contributed by atoms with Gasteiger partial charge in [-0.25, -0.2) is 4.39 Å². The van der Waals surface area contributed by atoms with Gasteiger partial charge in [0.1, 0.15) is 5.75 Å². The standard InChI is InChI=1S/C22H26FN3O4/c1-4-20(27)24-18-11-30-10-16(18)22-14-6-5-12(7-17(14)25-26-22)15-8-13(28-2)9-19(29-3)21(15)23/h4,8-9,12,16,18H,1,5-7,10-11H2,2-3H3,(H,24,27)(H,25,26)/t12?,16-,18+/m1/s1. The molecule has 0 saturated carbocycles. The van der Waals surface area contributed by atoms with E-state index < -0.39 is 0 Å². The van der Waals surface area contributed by atoms with Gasteiger partial charge in [-0.1, -0.05) is 6.58 Å². The molecule has 0 radical (unpaired) electrons. The molecule has 30 heavy (non-hydrogen) atoms. The Morgan fingerprint density at radius 2 is 2.20 bits per heavy atom. The zero-order valence-electron chi connectivity index (χ0n) is 17.2. The molecule has 8 heteroatoms. The fourth-order valence-electron chi connectivity index (χ4n) is 4.47. The molecule has 0 spiro atoms. The molecule has 160 valence electrons. The van der Waals surface area contributed by atoms with E-state index in [1.54, 1.807) is 19.2 Å². The third kappa shape index (κ3) is 3.67. The summed E-state index contributed by atoms with van der Waals surface area (Å²) in [5.74, 6) is 0.169. The van der Waals surface area contributed by atoms with Crippen LogP contribution in [0.1, 0.15) is 40.8 Å². The monoisotopic (exact) mass is 415 g/mol. The summed E-state index contributed by atoms with van der Waals surface area (Å²) >= 11 is 0. The van der Waals surface area contributed by atoms with Gasteiger partial charge in [-0.05, 0) is 48.4 Å². The lowest BCUT2D eigenvalue weighted by Crippen LogP contribution is -2.38. The molecule has 7 nitrogen and oxygen atoms in total. The van der Waals surface area contributed by atoms with Crippen LogP contribution in [0, 0.1) is 5.82 Å². The van der Waals surface area contributed by atoms with Crippen LogP contribution in [0.4, 0.5) is 4.39 Å². The van der Waals surface area contributed by atoms with E-state index in [4.69, 9.17) is 14.2 Å². The van der Waals surface area contributed by atoms with Crippen molar-refractivity contribution >= 4 is 5.91 Å². The third-order valence-electron chi connectivity index (χ3n) is 6.06. The summed E-state index contributed by atoms with van der Waals surface area (Å²) in [6.07, 6.45) is 3.46. The second kappa shape index (κ2) is 8.47. The molecule has 4 rings (SSSR count). The largest absolute Gasteiger partial charge is 0.497 e. The van der Waals surface area contributed by atoms with Gasteiger partial charge >= 0.3 is 0 Å². The van der Waals surface area contributed by atoms with Crippen LogP contribution in [-0.4, -0.2) is 49.6 Å². The summed E-state index contributed by atoms with van der Waals surface area (Å²) in [5.41, 5.74) is 3.67. The average molecular weight is 415 g/mol. The van der Waals surface area contributed by atoms with Crippen LogP contribution in [0.2, 0.25) is 0 Å². The predicted molar refractivity (Wildman–Crippen MR) is 109 cm³/mol. The second-order valence-electron chi connectivity index (χ2n) is 7.70. The molecule has 2 aliphatic rings. The molecular weight excluding hydrogens is 389 g/mol. The topological polar surface area (TPSA) is 85.5 Å². The second-order valence-corrected chi connectivity index (χ2v) is 7.70. The Balaban J connectivity index is 1.58. The number of fused-ring (bicyclic) bond motifs is 1. The molecule has 1 aromatic heterocycles. The Bertz CT molecular complexity index is 958. The summed E-state index contributed by atoms with van der Waals surface area (Å²) in [6.45, 7) is 4.46. The maximum Gasteiger partial charge on any atom is 0.243 e. The van der Waals surface area contributed by atoms with Gasteiger partial charge < -0.3 is 19.5 Å². The van der Waals surface area contributed by atoms with Gasteiger partial charge in [0.2, 0.25) is 5.91 Å². The molecule has 2 N–H and O–H groups in total. The van der Waals surface area contributed by atoms with Gasteiger partial charge in [0.25, 0.3) is 0 Å². The zero-order valence-corrected chi connectivity index (χ0v) is 17.2. The van der Waals surface area contributed by atoms with Crippen LogP contribution in [0.25, 0.3) is 0 Å². The number of amides is 1. The smallest absolute Gasteiger partial charge is 0.243 e. The number of nitrogens with zero attached hydrogens (tertiary/aromatic N) is 1. The zero-order chi connectivity index (χ0) is 21.3. The molecule has 1 fully saturated rings. The first kappa shape index (κ1) is 20.4. The Kier molecular flexibility index (Phi) is 5.76. The van der Waals surface area contributed by atoms with Gasteiger partial charge in [-0.2, -0.15) is 5.10 Å². The van der Waals surface area contributed by atoms with Gasteiger partial charge in [0.05, 0.1) is 39.2 Å². The number of nitrogens with one attached hydrogen (secondary N) is 2. The number of H-pyrrole nitrogens is 1. The van der Waals surface area contributed by atoms with Crippen molar-refractivity contribution in [3.63, 3.8) is 0 Å². The van der Waals surface area contributed by atoms with Gasteiger partial charge in [-0.15, -0.1) is 0 Å². The maximum absolute atomic E-state index is 14.9. The van der Waals surface area contributed by atoms with Gasteiger partial charge in [0.15, 0.2) is 11.6 Å². The average Bonchev–Trinajstić information content (AvgIpc) is 3.39. The van der Waals surface area contributed by atoms with E-state index in [1.807, 2.05) is 0 Å². The summed E-state index contributed by atoms with van der Waals surface area (Å²) in [6, 6.07) is 3.16. The number of aromatic nitrogens is 2. The SMILES string of the molecule is C=CC(=O)N[C@H]1COC[C@H]1c1n[nH]c2c1CCC(c1cc(OC)cc(OC)c1F)C2. The van der Waals surface area contributed by atoms with Crippen molar-refractivity contribution in [2.75, 3.05) is 27.4 Å². The molecule has 1 aliphatic carbocycles. The minimum absolute atomic E-state index is 0.00843. The minimum Gasteiger partial charge on any atom is -0.497 e. The fourth-order valence-corrected chi connectivity index (χ4v) is 4.47. The van der Waals surface area contributed by atoms with E-state index >= 15 is 0 Å². The number of ether oxygens (including phenoxy) is 3. The summed E-state index contributed by atoms with van der Waals surface area (Å²) in [4.78, 5) is 11.7. The lowest BCUT2D eigenvalue weighted by Gasteiger charge is -2.25. The van der Waals surface area contributed by atoms with Crippen molar-refractivity contribution in [3.8, 4) is 11.5 Å². The summed E-state index contributed by atoms with van der Waals surface area (Å²) in [5, 5.41) is 10.6. The highest BCUT2D eigenvalue weighted by molar-refractivity contribution is 5.87. The Hall–Kier alpha value is -2.87. The quantitative estimate of drug-likeness (QED) is 0.709. The van der Waals surface area contributed by atoms with E-state index in [1.165, 1.54) is 13.2 Å². The van der Waals surface area contributed by atoms with E-state index in [0.29, 0.717) is 30.9 Å². The first-order chi connectivity index (χ1) is 14.5. The van der Waals surface area contributed by atoms with Crippen molar-refractivity contribution in [2.45, 2.75) is 37.1 Å². The number of halogens is 1. The molecule has 1 aliphatic heterocycles. The van der Waals surface area contributed by atoms with E-state index in [2.05, 4.69) is 22.1 Å². The molecule has 0 bridgehead atoms. The van der Waals surface area contributed by atoms with Crippen molar-refractivity contribution in [2.24, 2.45) is 0 Å². The Morgan fingerprint density at radius 3 is 2.93 bits per heavy atom. The lowest BCUT2D eigenvalue weighted by atomic mass is 9.80. The minimum atomic E-state index is -0.345. The van der Waals surface area contributed by atoms with Crippen molar-refractivity contribution in [3.05, 3.63) is 53.1 Å². The molecule has 1 amide bonds. The molecular formula is C22H26FN3O4. The number of hydrogen-bond acceptors (Lipinski definition) is 5. The van der Waals surface area contributed by atoms with Crippen LogP contribution in [0.3, 0.4) is 0 Å². The van der Waals surface area contributed by atoms with Crippen LogP contribution in [-0.2, 0) is 22.4 Å². The molecule has 1 saturated heterocycles. The lowest BCUT2D eigenvalue weighted by molar-refractivity contribution is -0.117. The molecule has 2 aromatic rings. The highest BCUT2D eigenvalue weighted by Gasteiger charge is 2.36. The van der Waals surface area contributed by atoms with Crippen LogP contribution in [0.5, 0.6) is 11.5 Å². The number of carbonyl (C=O) groups excluding carboxylic acids is 1. The fraction of sp³-hybridized carbons (Fsp3) is 0.455. The number of aromatic amines is 1. The molecule has 1 aromatic carbocycles. The summed E-state index contributed by atoms with van der Waals surface area (Å²) in [7, 11) is 3.01. The number of rotatable bonds is 6. The van der Waals surface area contributed by atoms with Crippen molar-refractivity contribution in [1.82, 2.24) is 15.5 Å². The van der Waals surface area contributed by atoms with Crippen LogP contribution >= 0.6 is 0 Å². The van der Waals surface area contributed by atoms with Crippen LogP contribution < -0.4 is 14.8 Å². The Labute approximate surface area is 174 Å². The van der Waals surface area contributed by atoms with Crippen molar-refractivity contribution < 1.29 is 23.4 Å². The van der Waals surface area contributed by atoms with E-state index in [9.17, 15) is 9.18 Å². The first-order valence-electron chi connectivity index (χ1n) is 10.0. The third-order valence-corrected chi connectivity index (χ3v) is 6.06. The van der Waals surface area contributed by atoms with E-state index in [0.717, 1.165) is 29.8 Å². The first-order valence-corrected chi connectivity index (χ1v) is 10.0. The molecule has 2 heterocycles. The van der Waals surface area contributed by atoms with Crippen LogP contribution in [0.15, 0.2) is 24.8 Å². The number of carbonyl (C=O) groups is 1. The molecule has 3 atom stereocenters. The molecule has 1 unspecified atom stereocenters. The number of benzene rings is 1. The normalized spacial score (nSPS) is 23.0. The van der Waals surface area contributed by atoms with Gasteiger partial charge in [-0.3, -0.25) is 9.89 Å².